The van der Waals surface area contributed by atoms with Crippen molar-refractivity contribution in [1.29, 1.82) is 5.26 Å². The van der Waals surface area contributed by atoms with Crippen LogP contribution < -0.4 is 0 Å². The number of aliphatic imine (C=N–C) groups is 1. The number of carbonyl (C=O) groups is 1. The molecule has 0 bridgehead atoms. The van der Waals surface area contributed by atoms with Gasteiger partial charge in [0.1, 0.15) is 6.07 Å². The predicted octanol–water partition coefficient (Wildman–Crippen LogP) is 0.157. The normalized spacial score (nSPS) is 11.1. The Hall–Kier alpha value is -1.83. The van der Waals surface area contributed by atoms with Crippen LogP contribution in [0.2, 0.25) is 0 Å². The first-order valence-corrected chi connectivity index (χ1v) is 3.50. The number of rotatable bonds is 3. The molecule has 5 heteroatoms. The number of carbonyl (C=O) groups excluding carboxylic acids is 1. The van der Waals surface area contributed by atoms with Crippen LogP contribution in [-0.4, -0.2) is 38.4 Å². The molecular weight excluding hydrogens is 170 g/mol. The molecule has 0 spiro atoms. The van der Waals surface area contributed by atoms with Crippen molar-refractivity contribution in [3.63, 3.8) is 0 Å². The molecule has 0 heterocycles. The standard InChI is InChI=1S/C8H11N3O2/c1-11(2)6-10-5-7(4-9)8(12)13-3/h5-6H,1-3H3/b7-5+,10-6?. The minimum Gasteiger partial charge on any atom is -0.465 e. The topological polar surface area (TPSA) is 65.7 Å². The minimum atomic E-state index is -0.682. The maximum atomic E-state index is 10.8. The van der Waals surface area contributed by atoms with Crippen molar-refractivity contribution < 1.29 is 9.53 Å². The Kier molecular flexibility index (Phi) is 4.96. The van der Waals surface area contributed by atoms with Crippen molar-refractivity contribution in [3.05, 3.63) is 11.8 Å². The van der Waals surface area contributed by atoms with Crippen LogP contribution >= 0.6 is 0 Å². The van der Waals surface area contributed by atoms with Crippen molar-refractivity contribution in [2.24, 2.45) is 4.99 Å². The van der Waals surface area contributed by atoms with Gasteiger partial charge in [0.05, 0.1) is 19.6 Å². The molecule has 0 rings (SSSR count). The monoisotopic (exact) mass is 181 g/mol. The van der Waals surface area contributed by atoms with Gasteiger partial charge in [0.2, 0.25) is 0 Å². The van der Waals surface area contributed by atoms with E-state index in [1.807, 2.05) is 0 Å². The number of hydrogen-bond acceptors (Lipinski definition) is 4. The average Bonchev–Trinajstić information content (AvgIpc) is 2.11. The molecule has 0 unspecified atom stereocenters. The van der Waals surface area contributed by atoms with Crippen LogP contribution in [0.3, 0.4) is 0 Å². The summed E-state index contributed by atoms with van der Waals surface area (Å²) < 4.78 is 4.34. The van der Waals surface area contributed by atoms with Gasteiger partial charge in [-0.2, -0.15) is 5.26 Å². The van der Waals surface area contributed by atoms with Gasteiger partial charge in [0, 0.05) is 14.1 Å². The largest absolute Gasteiger partial charge is 0.465 e. The van der Waals surface area contributed by atoms with E-state index in [2.05, 4.69) is 9.73 Å². The van der Waals surface area contributed by atoms with Crippen LogP contribution in [0.25, 0.3) is 0 Å². The van der Waals surface area contributed by atoms with Crippen LogP contribution in [0, 0.1) is 11.3 Å². The summed E-state index contributed by atoms with van der Waals surface area (Å²) in [6.45, 7) is 0. The maximum absolute atomic E-state index is 10.8. The number of hydrogen-bond donors (Lipinski definition) is 0. The highest BCUT2D eigenvalue weighted by Crippen LogP contribution is 1.94. The molecule has 0 aliphatic heterocycles. The summed E-state index contributed by atoms with van der Waals surface area (Å²) in [7, 11) is 4.77. The van der Waals surface area contributed by atoms with E-state index in [4.69, 9.17) is 5.26 Å². The van der Waals surface area contributed by atoms with Crippen LogP contribution in [0.4, 0.5) is 0 Å². The molecule has 0 amide bonds. The third kappa shape index (κ3) is 4.58. The molecule has 0 aromatic rings. The van der Waals surface area contributed by atoms with E-state index in [1.54, 1.807) is 25.1 Å². The first-order chi connectivity index (χ1) is 6.11. The Balaban J connectivity index is 4.43. The first-order valence-electron chi connectivity index (χ1n) is 3.50. The van der Waals surface area contributed by atoms with Gasteiger partial charge in [-0.3, -0.25) is 0 Å². The summed E-state index contributed by atoms with van der Waals surface area (Å²) in [6.07, 6.45) is 2.63. The van der Waals surface area contributed by atoms with E-state index < -0.39 is 5.97 Å². The fraction of sp³-hybridized carbons (Fsp3) is 0.375. The average molecular weight is 181 g/mol. The van der Waals surface area contributed by atoms with Crippen molar-refractivity contribution in [2.75, 3.05) is 21.2 Å². The molecule has 0 atom stereocenters. The minimum absolute atomic E-state index is 0.124. The summed E-state index contributed by atoms with van der Waals surface area (Å²) in [5.41, 5.74) is -0.124. The molecule has 70 valence electrons. The zero-order valence-corrected chi connectivity index (χ0v) is 7.81. The van der Waals surface area contributed by atoms with Gasteiger partial charge in [-0.1, -0.05) is 0 Å². The quantitative estimate of drug-likeness (QED) is 0.204. The second kappa shape index (κ2) is 5.77. The molecule has 0 aromatic heterocycles. The van der Waals surface area contributed by atoms with E-state index in [0.29, 0.717) is 0 Å². The summed E-state index contributed by atoms with van der Waals surface area (Å²) in [5, 5.41) is 8.49. The van der Waals surface area contributed by atoms with E-state index in [-0.39, 0.29) is 5.57 Å². The first kappa shape index (κ1) is 11.2. The SMILES string of the molecule is COC(=O)/C(C#N)=C/N=CN(C)C. The van der Waals surface area contributed by atoms with E-state index in [1.165, 1.54) is 13.4 Å². The zero-order valence-electron chi connectivity index (χ0n) is 7.81. The van der Waals surface area contributed by atoms with Gasteiger partial charge in [0.15, 0.2) is 5.57 Å². The van der Waals surface area contributed by atoms with Crippen molar-refractivity contribution >= 4 is 12.3 Å². The van der Waals surface area contributed by atoms with Crippen LogP contribution in [0.5, 0.6) is 0 Å². The van der Waals surface area contributed by atoms with Crippen LogP contribution in [0.1, 0.15) is 0 Å². The molecule has 13 heavy (non-hydrogen) atoms. The molecule has 0 aromatic carbocycles. The number of ether oxygens (including phenoxy) is 1. The summed E-state index contributed by atoms with van der Waals surface area (Å²) in [5.74, 6) is -0.682. The highest BCUT2D eigenvalue weighted by molar-refractivity contribution is 5.92. The van der Waals surface area contributed by atoms with Crippen molar-refractivity contribution in [2.45, 2.75) is 0 Å². The molecule has 0 aliphatic rings. The Morgan fingerprint density at radius 2 is 2.23 bits per heavy atom. The Bertz CT molecular complexity index is 274. The molecule has 0 saturated carbocycles. The zero-order chi connectivity index (χ0) is 10.3. The molecule has 0 fully saturated rings. The van der Waals surface area contributed by atoms with E-state index in [9.17, 15) is 4.79 Å². The summed E-state index contributed by atoms with van der Waals surface area (Å²) in [6, 6.07) is 1.68. The molecule has 0 radical (unpaired) electrons. The molecule has 0 aliphatic carbocycles. The summed E-state index contributed by atoms with van der Waals surface area (Å²) >= 11 is 0. The Morgan fingerprint density at radius 1 is 1.62 bits per heavy atom. The predicted molar refractivity (Wildman–Crippen MR) is 47.9 cm³/mol. The lowest BCUT2D eigenvalue weighted by Gasteiger charge is -1.99. The smallest absolute Gasteiger partial charge is 0.350 e. The number of nitrogens with zero attached hydrogens (tertiary/aromatic N) is 3. The van der Waals surface area contributed by atoms with Gasteiger partial charge in [-0.05, 0) is 0 Å². The van der Waals surface area contributed by atoms with Crippen molar-refractivity contribution in [1.82, 2.24) is 4.90 Å². The number of esters is 1. The highest BCUT2D eigenvalue weighted by atomic mass is 16.5. The fourth-order valence-corrected chi connectivity index (χ4v) is 0.478. The molecular formula is C8H11N3O2. The lowest BCUT2D eigenvalue weighted by molar-refractivity contribution is -0.135. The third-order valence-corrected chi connectivity index (χ3v) is 1.03. The summed E-state index contributed by atoms with van der Waals surface area (Å²) in [4.78, 5) is 16.2. The molecule has 5 nitrogen and oxygen atoms in total. The lowest BCUT2D eigenvalue weighted by atomic mass is 10.3. The highest BCUT2D eigenvalue weighted by Gasteiger charge is 2.06. The van der Waals surface area contributed by atoms with Gasteiger partial charge < -0.3 is 9.64 Å². The van der Waals surface area contributed by atoms with Gasteiger partial charge in [-0.25, -0.2) is 9.79 Å². The fourth-order valence-electron chi connectivity index (χ4n) is 0.478. The van der Waals surface area contributed by atoms with Gasteiger partial charge in [0.25, 0.3) is 0 Å². The van der Waals surface area contributed by atoms with Gasteiger partial charge in [-0.15, -0.1) is 0 Å². The van der Waals surface area contributed by atoms with Gasteiger partial charge >= 0.3 is 5.97 Å². The van der Waals surface area contributed by atoms with Crippen LogP contribution in [0.15, 0.2) is 16.8 Å². The second-order valence-corrected chi connectivity index (χ2v) is 2.37. The van der Waals surface area contributed by atoms with Crippen LogP contribution in [-0.2, 0) is 9.53 Å². The second-order valence-electron chi connectivity index (χ2n) is 2.37. The molecule has 0 N–H and O–H groups in total. The van der Waals surface area contributed by atoms with E-state index >= 15 is 0 Å². The molecule has 0 saturated heterocycles. The Labute approximate surface area is 76.9 Å². The maximum Gasteiger partial charge on any atom is 0.350 e. The Morgan fingerprint density at radius 3 is 2.62 bits per heavy atom. The number of nitriles is 1. The van der Waals surface area contributed by atoms with E-state index in [0.717, 1.165) is 6.20 Å². The third-order valence-electron chi connectivity index (χ3n) is 1.03. The number of methoxy groups -OCH3 is 1. The lowest BCUT2D eigenvalue weighted by Crippen LogP contribution is -2.07. The van der Waals surface area contributed by atoms with Crippen molar-refractivity contribution in [3.8, 4) is 6.07 Å².